The van der Waals surface area contributed by atoms with Crippen molar-refractivity contribution in [1.29, 1.82) is 0 Å². The summed E-state index contributed by atoms with van der Waals surface area (Å²) in [5.74, 6) is 1.52. The molecular weight excluding hydrogens is 304 g/mol. The Kier molecular flexibility index (Phi) is 4.11. The third-order valence-corrected chi connectivity index (χ3v) is 4.64. The fourth-order valence-corrected chi connectivity index (χ4v) is 3.37. The number of hydrogen-bond donors (Lipinski definition) is 1. The van der Waals surface area contributed by atoms with Gasteiger partial charge >= 0.3 is 0 Å². The maximum Gasteiger partial charge on any atom is 0.255 e. The van der Waals surface area contributed by atoms with Crippen LogP contribution in [0.1, 0.15) is 29.6 Å². The largest absolute Gasteiger partial charge is 0.488 e. The van der Waals surface area contributed by atoms with Gasteiger partial charge in [-0.15, -0.1) is 0 Å². The number of piperidine rings is 1. The first kappa shape index (κ1) is 15.1. The third-order valence-electron chi connectivity index (χ3n) is 4.64. The highest BCUT2D eigenvalue weighted by molar-refractivity contribution is 5.95. The Balaban J connectivity index is 1.59. The molecule has 3 aliphatic rings. The van der Waals surface area contributed by atoms with Crippen molar-refractivity contribution < 1.29 is 9.53 Å². The van der Waals surface area contributed by atoms with E-state index in [4.69, 9.17) is 4.74 Å². The Labute approximate surface area is 141 Å². The summed E-state index contributed by atoms with van der Waals surface area (Å²) in [6.07, 6.45) is 11.2. The van der Waals surface area contributed by atoms with E-state index in [0.717, 1.165) is 50.5 Å². The molecule has 126 valence electrons. The van der Waals surface area contributed by atoms with Gasteiger partial charge in [0, 0.05) is 32.0 Å². The third kappa shape index (κ3) is 2.84. The summed E-state index contributed by atoms with van der Waals surface area (Å²) in [4.78, 5) is 21.2. The van der Waals surface area contributed by atoms with Gasteiger partial charge in [0.05, 0.1) is 17.8 Å². The van der Waals surface area contributed by atoms with Crippen molar-refractivity contribution in [2.45, 2.75) is 19.3 Å². The highest BCUT2D eigenvalue weighted by Gasteiger charge is 2.25. The standard InChI is InChI=1S/C18H22N4O2/c23-18(21-7-2-1-3-8-21)14-11-16-17(20-12-14)22(9-10-24-16)15-5-4-6-19-13-15/h4-5,11-13,19H,1-3,6-10H2. The van der Waals surface area contributed by atoms with Crippen molar-refractivity contribution in [2.24, 2.45) is 0 Å². The Morgan fingerprint density at radius 1 is 1.21 bits per heavy atom. The summed E-state index contributed by atoms with van der Waals surface area (Å²) < 4.78 is 5.78. The lowest BCUT2D eigenvalue weighted by molar-refractivity contribution is 0.0723. The van der Waals surface area contributed by atoms with E-state index in [0.29, 0.717) is 17.9 Å². The predicted molar refractivity (Wildman–Crippen MR) is 92.1 cm³/mol. The number of carbonyl (C=O) groups excluding carboxylic acids is 1. The molecule has 0 unspecified atom stereocenters. The number of rotatable bonds is 2. The number of hydrogen-bond acceptors (Lipinski definition) is 5. The number of amides is 1. The zero-order valence-electron chi connectivity index (χ0n) is 13.7. The van der Waals surface area contributed by atoms with E-state index in [1.54, 1.807) is 6.20 Å². The minimum absolute atomic E-state index is 0.0594. The molecule has 0 bridgehead atoms. The highest BCUT2D eigenvalue weighted by Crippen LogP contribution is 2.33. The number of aromatic nitrogens is 1. The smallest absolute Gasteiger partial charge is 0.255 e. The lowest BCUT2D eigenvalue weighted by Crippen LogP contribution is -2.36. The number of anilines is 1. The van der Waals surface area contributed by atoms with Gasteiger partial charge in [-0.3, -0.25) is 4.79 Å². The number of dihydropyridines is 1. The van der Waals surface area contributed by atoms with Crippen LogP contribution in [-0.2, 0) is 0 Å². The number of fused-ring (bicyclic) bond motifs is 1. The number of carbonyl (C=O) groups is 1. The van der Waals surface area contributed by atoms with Crippen LogP contribution in [-0.4, -0.2) is 48.6 Å². The number of pyridine rings is 1. The second-order valence-electron chi connectivity index (χ2n) is 6.28. The van der Waals surface area contributed by atoms with Crippen LogP contribution in [0.4, 0.5) is 5.82 Å². The molecule has 1 saturated heterocycles. The van der Waals surface area contributed by atoms with Gasteiger partial charge in [0.1, 0.15) is 6.61 Å². The Bertz CT molecular complexity index is 692. The van der Waals surface area contributed by atoms with Gasteiger partial charge < -0.3 is 19.9 Å². The SMILES string of the molecule is O=C(c1cnc2c(c1)OCCN2C1=CNCC=C1)N1CCCCC1. The van der Waals surface area contributed by atoms with Crippen LogP contribution in [0.2, 0.25) is 0 Å². The van der Waals surface area contributed by atoms with E-state index in [9.17, 15) is 4.79 Å². The molecule has 0 atom stereocenters. The minimum Gasteiger partial charge on any atom is -0.488 e. The molecular formula is C18H22N4O2. The van der Waals surface area contributed by atoms with Crippen LogP contribution in [0.15, 0.2) is 36.3 Å². The van der Waals surface area contributed by atoms with Crippen molar-refractivity contribution in [3.63, 3.8) is 0 Å². The van der Waals surface area contributed by atoms with E-state index < -0.39 is 0 Å². The van der Waals surface area contributed by atoms with Crippen molar-refractivity contribution in [3.8, 4) is 5.75 Å². The number of allylic oxidation sites excluding steroid dienone is 1. The first-order valence-corrected chi connectivity index (χ1v) is 8.63. The first-order valence-electron chi connectivity index (χ1n) is 8.63. The zero-order valence-corrected chi connectivity index (χ0v) is 13.7. The summed E-state index contributed by atoms with van der Waals surface area (Å²) in [6.45, 7) is 3.86. The molecule has 1 N–H and O–H groups in total. The lowest BCUT2D eigenvalue weighted by atomic mass is 10.1. The molecule has 0 aromatic carbocycles. The molecule has 0 spiro atoms. The summed E-state index contributed by atoms with van der Waals surface area (Å²) >= 11 is 0. The molecule has 1 aromatic heterocycles. The molecule has 3 aliphatic heterocycles. The van der Waals surface area contributed by atoms with E-state index in [2.05, 4.69) is 27.4 Å². The number of ether oxygens (including phenoxy) is 1. The minimum atomic E-state index is 0.0594. The van der Waals surface area contributed by atoms with Crippen LogP contribution in [0.3, 0.4) is 0 Å². The molecule has 1 fully saturated rings. The van der Waals surface area contributed by atoms with Gasteiger partial charge in [0.25, 0.3) is 5.91 Å². The van der Waals surface area contributed by atoms with Crippen molar-refractivity contribution in [2.75, 3.05) is 37.7 Å². The number of nitrogens with zero attached hydrogens (tertiary/aromatic N) is 3. The van der Waals surface area contributed by atoms with Crippen LogP contribution in [0.5, 0.6) is 5.75 Å². The second kappa shape index (κ2) is 6.55. The fourth-order valence-electron chi connectivity index (χ4n) is 3.37. The van der Waals surface area contributed by atoms with Crippen LogP contribution >= 0.6 is 0 Å². The van der Waals surface area contributed by atoms with Crippen molar-refractivity contribution >= 4 is 11.7 Å². The average molecular weight is 326 g/mol. The maximum atomic E-state index is 12.7. The quantitative estimate of drug-likeness (QED) is 0.900. The predicted octanol–water partition coefficient (Wildman–Crippen LogP) is 1.91. The maximum absolute atomic E-state index is 12.7. The molecule has 0 aliphatic carbocycles. The van der Waals surface area contributed by atoms with E-state index in [1.165, 1.54) is 6.42 Å². The van der Waals surface area contributed by atoms with Gasteiger partial charge in [0.15, 0.2) is 11.6 Å². The summed E-state index contributed by atoms with van der Waals surface area (Å²) in [5, 5.41) is 3.22. The monoisotopic (exact) mass is 326 g/mol. The van der Waals surface area contributed by atoms with Gasteiger partial charge in [-0.05, 0) is 31.4 Å². The van der Waals surface area contributed by atoms with Gasteiger partial charge in [0.2, 0.25) is 0 Å². The molecule has 4 rings (SSSR count). The lowest BCUT2D eigenvalue weighted by Gasteiger charge is -2.32. The summed E-state index contributed by atoms with van der Waals surface area (Å²) in [5.41, 5.74) is 1.68. The van der Waals surface area contributed by atoms with Gasteiger partial charge in [-0.1, -0.05) is 6.08 Å². The number of nitrogens with one attached hydrogen (secondary N) is 1. The second-order valence-corrected chi connectivity index (χ2v) is 6.28. The molecule has 24 heavy (non-hydrogen) atoms. The fraction of sp³-hybridized carbons (Fsp3) is 0.444. The summed E-state index contributed by atoms with van der Waals surface area (Å²) in [6, 6.07) is 1.84. The number of likely N-dealkylation sites (tertiary alicyclic amines) is 1. The highest BCUT2D eigenvalue weighted by atomic mass is 16.5. The van der Waals surface area contributed by atoms with Crippen molar-refractivity contribution in [3.05, 3.63) is 41.9 Å². The summed E-state index contributed by atoms with van der Waals surface area (Å²) in [7, 11) is 0. The van der Waals surface area contributed by atoms with E-state index in [-0.39, 0.29) is 5.91 Å². The molecule has 6 heteroatoms. The molecule has 1 amide bonds. The Morgan fingerprint density at radius 2 is 2.08 bits per heavy atom. The van der Waals surface area contributed by atoms with E-state index in [1.807, 2.05) is 17.2 Å². The van der Waals surface area contributed by atoms with Crippen LogP contribution in [0, 0.1) is 0 Å². The van der Waals surface area contributed by atoms with Crippen molar-refractivity contribution in [1.82, 2.24) is 15.2 Å². The van der Waals surface area contributed by atoms with E-state index >= 15 is 0 Å². The normalized spacial score (nSPS) is 19.9. The van der Waals surface area contributed by atoms with Crippen LogP contribution in [0.25, 0.3) is 0 Å². The molecule has 0 radical (unpaired) electrons. The molecule has 0 saturated carbocycles. The first-order chi connectivity index (χ1) is 11.8. The van der Waals surface area contributed by atoms with Crippen LogP contribution < -0.4 is 15.0 Å². The molecule has 6 nitrogen and oxygen atoms in total. The zero-order chi connectivity index (χ0) is 16.4. The van der Waals surface area contributed by atoms with Gasteiger partial charge in [-0.25, -0.2) is 4.98 Å². The average Bonchev–Trinajstić information content (AvgIpc) is 2.68. The Hall–Kier alpha value is -2.50. The Morgan fingerprint density at radius 3 is 2.88 bits per heavy atom. The molecule has 1 aromatic rings. The molecule has 4 heterocycles. The van der Waals surface area contributed by atoms with Gasteiger partial charge in [-0.2, -0.15) is 0 Å². The topological polar surface area (TPSA) is 57.7 Å².